The second-order valence-corrected chi connectivity index (χ2v) is 6.78. The highest BCUT2D eigenvalue weighted by Gasteiger charge is 2.33. The third kappa shape index (κ3) is 5.33. The molecule has 0 heteroatoms. The van der Waals surface area contributed by atoms with Crippen LogP contribution in [0.25, 0.3) is 0 Å². The fraction of sp³-hybridized carbons (Fsp3) is 1.00. The van der Waals surface area contributed by atoms with Crippen LogP contribution in [0.5, 0.6) is 0 Å². The molecule has 1 unspecified atom stereocenters. The molecular formula is C18H36. The van der Waals surface area contributed by atoms with Crippen LogP contribution in [0.2, 0.25) is 0 Å². The lowest BCUT2D eigenvalue weighted by atomic mass is 9.65. The molecule has 0 heterocycles. The van der Waals surface area contributed by atoms with Crippen LogP contribution >= 0.6 is 0 Å². The van der Waals surface area contributed by atoms with Gasteiger partial charge < -0.3 is 0 Å². The van der Waals surface area contributed by atoms with Crippen molar-refractivity contribution in [2.45, 2.75) is 104 Å². The van der Waals surface area contributed by atoms with E-state index >= 15 is 0 Å². The van der Waals surface area contributed by atoms with Gasteiger partial charge in [0.05, 0.1) is 0 Å². The van der Waals surface area contributed by atoms with Crippen LogP contribution in [0.1, 0.15) is 104 Å². The molecule has 0 aliphatic heterocycles. The van der Waals surface area contributed by atoms with Crippen LogP contribution in [0.15, 0.2) is 0 Å². The third-order valence-electron chi connectivity index (χ3n) is 5.24. The number of rotatable bonds is 9. The van der Waals surface area contributed by atoms with Crippen molar-refractivity contribution in [1.29, 1.82) is 0 Å². The monoisotopic (exact) mass is 252 g/mol. The predicted molar refractivity (Wildman–Crippen MR) is 83.0 cm³/mol. The van der Waals surface area contributed by atoms with E-state index in [2.05, 4.69) is 20.8 Å². The summed E-state index contributed by atoms with van der Waals surface area (Å²) < 4.78 is 0. The summed E-state index contributed by atoms with van der Waals surface area (Å²) in [5.41, 5.74) is 0.753. The van der Waals surface area contributed by atoms with Gasteiger partial charge in [-0.15, -0.1) is 0 Å². The van der Waals surface area contributed by atoms with E-state index in [9.17, 15) is 0 Å². The maximum Gasteiger partial charge on any atom is -0.0295 e. The van der Waals surface area contributed by atoms with Crippen molar-refractivity contribution in [2.24, 2.45) is 11.3 Å². The Hall–Kier alpha value is 0. The first-order chi connectivity index (χ1) is 8.76. The van der Waals surface area contributed by atoms with Gasteiger partial charge >= 0.3 is 0 Å². The van der Waals surface area contributed by atoms with Crippen molar-refractivity contribution in [2.75, 3.05) is 0 Å². The van der Waals surface area contributed by atoms with Crippen molar-refractivity contribution < 1.29 is 0 Å². The van der Waals surface area contributed by atoms with E-state index in [1.165, 1.54) is 77.0 Å². The van der Waals surface area contributed by atoms with Gasteiger partial charge in [0.25, 0.3) is 0 Å². The maximum atomic E-state index is 2.41. The first-order valence-electron chi connectivity index (χ1n) is 8.76. The molecule has 1 rings (SSSR count). The fourth-order valence-electron chi connectivity index (χ4n) is 3.97. The Labute approximate surface area is 116 Å². The van der Waals surface area contributed by atoms with E-state index in [0.717, 1.165) is 11.3 Å². The molecule has 1 aliphatic rings. The van der Waals surface area contributed by atoms with Crippen LogP contribution in [0, 0.1) is 11.3 Å². The Bertz CT molecular complexity index is 188. The van der Waals surface area contributed by atoms with Gasteiger partial charge in [-0.05, 0) is 37.0 Å². The summed E-state index contributed by atoms with van der Waals surface area (Å²) in [6.07, 6.45) is 19.2. The molecule has 1 atom stereocenters. The van der Waals surface area contributed by atoms with E-state index < -0.39 is 0 Å². The summed E-state index contributed by atoms with van der Waals surface area (Å²) in [5, 5.41) is 0. The average Bonchev–Trinajstić information content (AvgIpc) is 2.42. The molecule has 18 heavy (non-hydrogen) atoms. The highest BCUT2D eigenvalue weighted by molar-refractivity contribution is 4.85. The molecule has 1 saturated carbocycles. The number of hydrogen-bond donors (Lipinski definition) is 0. The lowest BCUT2D eigenvalue weighted by Gasteiger charge is -2.40. The first-order valence-corrected chi connectivity index (χ1v) is 8.76. The maximum absolute atomic E-state index is 2.41. The number of unbranched alkanes of at least 4 members (excludes halogenated alkanes) is 2. The summed E-state index contributed by atoms with van der Waals surface area (Å²) in [6, 6.07) is 0. The summed E-state index contributed by atoms with van der Waals surface area (Å²) in [6.45, 7) is 7.10. The highest BCUT2D eigenvalue weighted by atomic mass is 14.4. The minimum atomic E-state index is 0.753. The molecule has 0 radical (unpaired) electrons. The fourth-order valence-corrected chi connectivity index (χ4v) is 3.97. The molecule has 0 N–H and O–H groups in total. The standard InChI is InChI=1S/C18H36/c1-4-7-12-17(6-3)16-18(13-8-5-2)14-10-9-11-15-18/h17H,4-16H2,1-3H3. The molecule has 1 aliphatic carbocycles. The molecule has 0 bridgehead atoms. The Kier molecular flexibility index (Phi) is 8.02. The molecule has 0 aromatic heterocycles. The Morgan fingerprint density at radius 3 is 2.11 bits per heavy atom. The van der Waals surface area contributed by atoms with Gasteiger partial charge in [0, 0.05) is 0 Å². The van der Waals surface area contributed by atoms with Crippen LogP contribution in [-0.2, 0) is 0 Å². The molecule has 0 amide bonds. The Morgan fingerprint density at radius 2 is 1.56 bits per heavy atom. The quantitative estimate of drug-likeness (QED) is 0.426. The summed E-state index contributed by atoms with van der Waals surface area (Å²) in [4.78, 5) is 0. The van der Waals surface area contributed by atoms with Gasteiger partial charge in [-0.3, -0.25) is 0 Å². The third-order valence-corrected chi connectivity index (χ3v) is 5.24. The minimum absolute atomic E-state index is 0.753. The van der Waals surface area contributed by atoms with Crippen molar-refractivity contribution >= 4 is 0 Å². The molecular weight excluding hydrogens is 216 g/mol. The summed E-state index contributed by atoms with van der Waals surface area (Å²) >= 11 is 0. The van der Waals surface area contributed by atoms with Crippen LogP contribution < -0.4 is 0 Å². The zero-order valence-electron chi connectivity index (χ0n) is 13.3. The highest BCUT2D eigenvalue weighted by Crippen LogP contribution is 2.46. The van der Waals surface area contributed by atoms with Gasteiger partial charge in [-0.2, -0.15) is 0 Å². The molecule has 0 nitrogen and oxygen atoms in total. The lowest BCUT2D eigenvalue weighted by Crippen LogP contribution is -2.27. The van der Waals surface area contributed by atoms with Gasteiger partial charge in [-0.1, -0.05) is 78.6 Å². The summed E-state index contributed by atoms with van der Waals surface area (Å²) in [7, 11) is 0. The first kappa shape index (κ1) is 16.1. The Balaban J connectivity index is 2.52. The molecule has 0 saturated heterocycles. The van der Waals surface area contributed by atoms with E-state index in [0.29, 0.717) is 0 Å². The van der Waals surface area contributed by atoms with Gasteiger partial charge in [-0.25, -0.2) is 0 Å². The van der Waals surface area contributed by atoms with Crippen LogP contribution in [0.3, 0.4) is 0 Å². The van der Waals surface area contributed by atoms with E-state index in [-0.39, 0.29) is 0 Å². The normalized spacial score (nSPS) is 20.8. The SMILES string of the molecule is CCCCC(CC)CC1(CCCC)CCCCC1. The second kappa shape index (κ2) is 8.99. The van der Waals surface area contributed by atoms with Crippen LogP contribution in [0.4, 0.5) is 0 Å². The van der Waals surface area contributed by atoms with Gasteiger partial charge in [0.2, 0.25) is 0 Å². The largest absolute Gasteiger partial charge is 0.0654 e. The lowest BCUT2D eigenvalue weighted by molar-refractivity contribution is 0.119. The van der Waals surface area contributed by atoms with Crippen LogP contribution in [-0.4, -0.2) is 0 Å². The smallest absolute Gasteiger partial charge is 0.0295 e. The summed E-state index contributed by atoms with van der Waals surface area (Å²) in [5.74, 6) is 1.01. The zero-order chi connectivity index (χ0) is 13.3. The molecule has 0 aromatic carbocycles. The second-order valence-electron chi connectivity index (χ2n) is 6.78. The Morgan fingerprint density at radius 1 is 0.889 bits per heavy atom. The van der Waals surface area contributed by atoms with Gasteiger partial charge in [0.1, 0.15) is 0 Å². The average molecular weight is 252 g/mol. The zero-order valence-corrected chi connectivity index (χ0v) is 13.3. The minimum Gasteiger partial charge on any atom is -0.0654 e. The molecule has 1 fully saturated rings. The number of hydrogen-bond acceptors (Lipinski definition) is 0. The van der Waals surface area contributed by atoms with E-state index in [4.69, 9.17) is 0 Å². The predicted octanol–water partition coefficient (Wildman–Crippen LogP) is 6.73. The molecule has 0 aromatic rings. The van der Waals surface area contributed by atoms with Crippen molar-refractivity contribution in [1.82, 2.24) is 0 Å². The van der Waals surface area contributed by atoms with E-state index in [1.807, 2.05) is 0 Å². The molecule has 0 spiro atoms. The van der Waals surface area contributed by atoms with Gasteiger partial charge in [0.15, 0.2) is 0 Å². The van der Waals surface area contributed by atoms with Crippen molar-refractivity contribution in [3.63, 3.8) is 0 Å². The topological polar surface area (TPSA) is 0 Å². The van der Waals surface area contributed by atoms with Crippen molar-refractivity contribution in [3.8, 4) is 0 Å². The van der Waals surface area contributed by atoms with Crippen molar-refractivity contribution in [3.05, 3.63) is 0 Å². The van der Waals surface area contributed by atoms with E-state index in [1.54, 1.807) is 6.42 Å². The molecule has 108 valence electrons.